The van der Waals surface area contributed by atoms with Crippen molar-refractivity contribution in [2.75, 3.05) is 6.26 Å². The Morgan fingerprint density at radius 3 is 2.48 bits per heavy atom. The van der Waals surface area contributed by atoms with E-state index in [1.54, 1.807) is 15.4 Å². The summed E-state index contributed by atoms with van der Waals surface area (Å²) in [5, 5.41) is 23.6. The Labute approximate surface area is 181 Å². The zero-order valence-corrected chi connectivity index (χ0v) is 18.4. The maximum Gasteiger partial charge on any atom is 0.261 e. The van der Waals surface area contributed by atoms with E-state index in [4.69, 9.17) is 4.55 Å². The van der Waals surface area contributed by atoms with Crippen LogP contribution in [0.5, 0.6) is 0 Å². The summed E-state index contributed by atoms with van der Waals surface area (Å²) in [7, 11) is 0.138. The molecule has 13 heteroatoms. The molecule has 11 nitrogen and oxygen atoms in total. The smallest absolute Gasteiger partial charge is 0.261 e. The minimum absolute atomic E-state index is 0.711. The van der Waals surface area contributed by atoms with Gasteiger partial charge in [-0.15, -0.1) is 10.2 Å². The molecule has 0 fully saturated rings. The molecule has 0 saturated carbocycles. The molecule has 0 saturated heterocycles. The van der Waals surface area contributed by atoms with E-state index in [1.807, 2.05) is 55.4 Å². The molecule has 0 unspecified atom stereocenters. The van der Waals surface area contributed by atoms with Gasteiger partial charge in [-0.2, -0.15) is 28.2 Å². The molecular weight excluding hydrogens is 440 g/mol. The van der Waals surface area contributed by atoms with Crippen LogP contribution in [-0.4, -0.2) is 58.6 Å². The Kier molecular flexibility index (Phi) is 5.47. The Morgan fingerprint density at radius 2 is 1.77 bits per heavy atom. The molecule has 0 aliphatic heterocycles. The lowest BCUT2D eigenvalue weighted by Crippen LogP contribution is -1.95. The van der Waals surface area contributed by atoms with Gasteiger partial charge in [0.25, 0.3) is 10.1 Å². The molecule has 160 valence electrons. The SMILES string of the molecule is CS(=O)(=O)O.Cn1cc(-c2ccc3nnc(Sc4ccc5nn(C)cc5c4)n3n2)cn1. The summed E-state index contributed by atoms with van der Waals surface area (Å²) in [6.45, 7) is 0. The van der Waals surface area contributed by atoms with Gasteiger partial charge in [-0.1, -0.05) is 0 Å². The first-order valence-corrected chi connectivity index (χ1v) is 11.6. The molecule has 0 amide bonds. The van der Waals surface area contributed by atoms with Crippen LogP contribution in [0.4, 0.5) is 0 Å². The van der Waals surface area contributed by atoms with Gasteiger partial charge < -0.3 is 0 Å². The second kappa shape index (κ2) is 8.09. The molecule has 0 atom stereocenters. The fourth-order valence-corrected chi connectivity index (χ4v) is 3.67. The molecule has 5 aromatic rings. The summed E-state index contributed by atoms with van der Waals surface area (Å²) in [6, 6.07) is 9.98. The van der Waals surface area contributed by atoms with Gasteiger partial charge in [0.2, 0.25) is 5.16 Å². The van der Waals surface area contributed by atoms with Crippen molar-refractivity contribution in [2.24, 2.45) is 14.1 Å². The van der Waals surface area contributed by atoms with Crippen molar-refractivity contribution in [3.8, 4) is 11.3 Å². The lowest BCUT2D eigenvalue weighted by Gasteiger charge is -2.01. The van der Waals surface area contributed by atoms with E-state index >= 15 is 0 Å². The van der Waals surface area contributed by atoms with Gasteiger partial charge >= 0.3 is 0 Å². The maximum atomic E-state index is 9.19. The fourth-order valence-electron chi connectivity index (χ4n) is 2.84. The number of rotatable bonds is 3. The molecule has 31 heavy (non-hydrogen) atoms. The van der Waals surface area contributed by atoms with Crippen LogP contribution in [0.25, 0.3) is 27.8 Å². The molecular formula is C18H18N8O3S2. The predicted octanol–water partition coefficient (Wildman–Crippen LogP) is 2.07. The average Bonchev–Trinajstić information content (AvgIpc) is 3.38. The van der Waals surface area contributed by atoms with Crippen molar-refractivity contribution < 1.29 is 13.0 Å². The van der Waals surface area contributed by atoms with Crippen molar-refractivity contribution in [1.82, 2.24) is 39.4 Å². The minimum atomic E-state index is -3.67. The largest absolute Gasteiger partial charge is 0.286 e. The molecule has 0 radical (unpaired) electrons. The summed E-state index contributed by atoms with van der Waals surface area (Å²) >= 11 is 1.53. The first kappa shape index (κ1) is 21.0. The van der Waals surface area contributed by atoms with Crippen LogP contribution in [-0.2, 0) is 24.2 Å². The third-order valence-corrected chi connectivity index (χ3v) is 4.96. The van der Waals surface area contributed by atoms with Crippen molar-refractivity contribution in [3.63, 3.8) is 0 Å². The number of aryl methyl sites for hydroxylation is 2. The second-order valence-electron chi connectivity index (χ2n) is 6.73. The highest BCUT2D eigenvalue weighted by Crippen LogP contribution is 2.29. The van der Waals surface area contributed by atoms with Gasteiger partial charge in [-0.3, -0.25) is 13.9 Å². The van der Waals surface area contributed by atoms with E-state index in [9.17, 15) is 8.42 Å². The van der Waals surface area contributed by atoms with Crippen molar-refractivity contribution in [2.45, 2.75) is 10.1 Å². The van der Waals surface area contributed by atoms with Crippen LogP contribution in [0.3, 0.4) is 0 Å². The summed E-state index contributed by atoms with van der Waals surface area (Å²) in [4.78, 5) is 1.06. The zero-order valence-electron chi connectivity index (χ0n) is 16.8. The molecule has 0 aliphatic carbocycles. The first-order valence-electron chi connectivity index (χ1n) is 8.91. The van der Waals surface area contributed by atoms with Crippen LogP contribution in [0.2, 0.25) is 0 Å². The van der Waals surface area contributed by atoms with Gasteiger partial charge in [0.15, 0.2) is 5.65 Å². The number of hydrogen-bond donors (Lipinski definition) is 1. The Bertz CT molecular complexity index is 1480. The van der Waals surface area contributed by atoms with E-state index in [-0.39, 0.29) is 0 Å². The normalized spacial score (nSPS) is 11.6. The number of fused-ring (bicyclic) bond motifs is 2. The van der Waals surface area contributed by atoms with Gasteiger partial charge in [-0.25, -0.2) is 0 Å². The van der Waals surface area contributed by atoms with Crippen LogP contribution in [0.1, 0.15) is 0 Å². The van der Waals surface area contributed by atoms with E-state index in [0.717, 1.165) is 27.1 Å². The molecule has 4 aromatic heterocycles. The number of benzene rings is 1. The van der Waals surface area contributed by atoms with Gasteiger partial charge in [-0.05, 0) is 42.1 Å². The van der Waals surface area contributed by atoms with Crippen molar-refractivity contribution >= 4 is 38.4 Å². The highest BCUT2D eigenvalue weighted by Gasteiger charge is 2.12. The summed E-state index contributed by atoms with van der Waals surface area (Å²) in [5.74, 6) is 0. The predicted molar refractivity (Wildman–Crippen MR) is 115 cm³/mol. The van der Waals surface area contributed by atoms with Crippen LogP contribution < -0.4 is 0 Å². The topological polar surface area (TPSA) is 133 Å². The average molecular weight is 459 g/mol. The highest BCUT2D eigenvalue weighted by molar-refractivity contribution is 7.99. The fraction of sp³-hybridized carbons (Fsp3) is 0.167. The lowest BCUT2D eigenvalue weighted by molar-refractivity contribution is 0.490. The quantitative estimate of drug-likeness (QED) is 0.403. The van der Waals surface area contributed by atoms with E-state index in [2.05, 4.69) is 31.6 Å². The highest BCUT2D eigenvalue weighted by atomic mass is 32.2. The van der Waals surface area contributed by atoms with Gasteiger partial charge in [0.05, 0.1) is 23.7 Å². The third kappa shape index (κ3) is 5.07. The summed E-state index contributed by atoms with van der Waals surface area (Å²) in [6.07, 6.45) is 6.44. The summed E-state index contributed by atoms with van der Waals surface area (Å²) in [5.41, 5.74) is 3.47. The van der Waals surface area contributed by atoms with Gasteiger partial charge in [0.1, 0.15) is 0 Å². The van der Waals surface area contributed by atoms with E-state index in [1.165, 1.54) is 11.8 Å². The monoisotopic (exact) mass is 458 g/mol. The zero-order chi connectivity index (χ0) is 22.2. The third-order valence-electron chi connectivity index (χ3n) is 4.03. The Morgan fingerprint density at radius 1 is 1.00 bits per heavy atom. The Hall–Kier alpha value is -3.29. The minimum Gasteiger partial charge on any atom is -0.286 e. The molecule has 1 N–H and O–H groups in total. The van der Waals surface area contributed by atoms with E-state index in [0.29, 0.717) is 17.1 Å². The maximum absolute atomic E-state index is 9.19. The molecule has 0 bridgehead atoms. The number of nitrogens with zero attached hydrogens (tertiary/aromatic N) is 8. The summed E-state index contributed by atoms with van der Waals surface area (Å²) < 4.78 is 31.2. The van der Waals surface area contributed by atoms with E-state index < -0.39 is 10.1 Å². The lowest BCUT2D eigenvalue weighted by atomic mass is 10.2. The number of aromatic nitrogens is 8. The molecule has 4 heterocycles. The van der Waals surface area contributed by atoms with Crippen molar-refractivity contribution in [3.05, 3.63) is 48.9 Å². The first-order chi connectivity index (χ1) is 14.7. The standard InChI is InChI=1S/C17H14N8S.CH4O3S/c1-23-10-12(8-18-23)15-5-6-16-19-20-17(25(16)22-15)26-13-3-4-14-11(7-13)9-24(2)21-14;1-5(2,3)4/h3-10H,1-2H3;1H3,(H,2,3,4). The van der Waals surface area contributed by atoms with Crippen LogP contribution >= 0.6 is 11.8 Å². The van der Waals surface area contributed by atoms with Gasteiger partial charge in [0, 0.05) is 42.3 Å². The molecule has 5 rings (SSSR count). The second-order valence-corrected chi connectivity index (χ2v) is 9.24. The number of hydrogen-bond acceptors (Lipinski definition) is 8. The van der Waals surface area contributed by atoms with Crippen molar-refractivity contribution in [1.29, 1.82) is 0 Å². The molecule has 0 aliphatic rings. The molecule has 0 spiro atoms. The Balaban J connectivity index is 0.000000418. The molecule has 1 aromatic carbocycles. The van der Waals surface area contributed by atoms with Crippen LogP contribution in [0, 0.1) is 0 Å². The van der Waals surface area contributed by atoms with Crippen LogP contribution in [0.15, 0.2) is 59.0 Å².